The zero-order valence-corrected chi connectivity index (χ0v) is 33.4. The number of pyridine rings is 2. The minimum absolute atomic E-state index is 0.0155. The van der Waals surface area contributed by atoms with Crippen molar-refractivity contribution in [2.45, 2.75) is 35.2 Å². The number of nitrogens with one attached hydrogen (secondary N) is 3. The third-order valence-corrected chi connectivity index (χ3v) is 12.5. The molecule has 2 aromatic carbocycles. The Morgan fingerprint density at radius 2 is 1.86 bits per heavy atom. The van der Waals surface area contributed by atoms with Gasteiger partial charge >= 0.3 is 5.69 Å². The number of rotatable bonds is 15. The number of thiazole rings is 1. The number of anilines is 3. The highest BCUT2D eigenvalue weighted by atomic mass is 32.2. The summed E-state index contributed by atoms with van der Waals surface area (Å²) >= 11 is 2.76. The van der Waals surface area contributed by atoms with E-state index in [0.29, 0.717) is 60.4 Å². The van der Waals surface area contributed by atoms with Crippen molar-refractivity contribution in [3.8, 4) is 0 Å². The van der Waals surface area contributed by atoms with Gasteiger partial charge in [0.1, 0.15) is 16.2 Å². The number of fused-ring (bicyclic) bond motifs is 2. The first-order valence-electron chi connectivity index (χ1n) is 17.8. The number of nitrogens with zero attached hydrogens (tertiary/aromatic N) is 7. The maximum absolute atomic E-state index is 13.5. The molecule has 1 aliphatic heterocycles. The molecular weight excluding hydrogens is 789 g/mol. The number of sulfonamides is 1. The monoisotopic (exact) mass is 827 g/mol. The first-order chi connectivity index (χ1) is 27.4. The second-order valence-corrected chi connectivity index (χ2v) is 17.1. The maximum Gasteiger partial charge on any atom is 0.359 e. The van der Waals surface area contributed by atoms with Gasteiger partial charge < -0.3 is 24.8 Å². The van der Waals surface area contributed by atoms with E-state index in [-0.39, 0.29) is 23.5 Å². The Hall–Kier alpha value is -5.89. The number of carbonyl (C=O) groups excluding carboxylic acids is 2. The van der Waals surface area contributed by atoms with E-state index in [1.807, 2.05) is 99.9 Å². The lowest BCUT2D eigenvalue weighted by Crippen LogP contribution is -2.33. The SMILES string of the molecule is CN(C)CC[C@H](CSc1ccccc1)Nc1ncc(S(=O)(=O)NC(=O)c2csc(N3CCc4cccc(C(=O)Nc5cn6ccccc6n5)c4C3)n2)cc1[N+](=O)O. The van der Waals surface area contributed by atoms with Gasteiger partial charge in [-0.25, -0.2) is 33.3 Å². The van der Waals surface area contributed by atoms with Crippen molar-refractivity contribution >= 4 is 73.0 Å². The van der Waals surface area contributed by atoms with Gasteiger partial charge in [0, 0.05) is 53.0 Å². The molecule has 0 bridgehead atoms. The fourth-order valence-corrected chi connectivity index (χ4v) is 8.99. The predicted octanol–water partition coefficient (Wildman–Crippen LogP) is 5.44. The summed E-state index contributed by atoms with van der Waals surface area (Å²) in [5.41, 5.74) is 2.44. The Morgan fingerprint density at radius 3 is 2.63 bits per heavy atom. The van der Waals surface area contributed by atoms with Crippen LogP contribution in [0.25, 0.3) is 5.65 Å². The fourth-order valence-electron chi connectivity index (χ4n) is 6.24. The lowest BCUT2D eigenvalue weighted by molar-refractivity contribution is -0.729. The van der Waals surface area contributed by atoms with Crippen LogP contribution in [0.4, 0.5) is 22.5 Å². The molecule has 2 amide bonds. The fraction of sp³-hybridized carbons (Fsp3) is 0.237. The first kappa shape index (κ1) is 39.3. The summed E-state index contributed by atoms with van der Waals surface area (Å²) in [6.45, 7) is 1.60. The highest BCUT2D eigenvalue weighted by molar-refractivity contribution is 7.99. The van der Waals surface area contributed by atoms with Gasteiger partial charge in [-0.15, -0.1) is 23.1 Å². The molecule has 0 aliphatic carbocycles. The number of hydrogen-bond acceptors (Lipinski definition) is 13. The number of carbonyl (C=O) groups is 2. The van der Waals surface area contributed by atoms with E-state index in [1.165, 1.54) is 5.38 Å². The van der Waals surface area contributed by atoms with E-state index in [4.69, 9.17) is 0 Å². The smallest absolute Gasteiger partial charge is 0.359 e. The van der Waals surface area contributed by atoms with E-state index >= 15 is 0 Å². The first-order valence-corrected chi connectivity index (χ1v) is 21.2. The minimum Gasteiger partial charge on any atom is -0.361 e. The molecule has 4 aromatic heterocycles. The molecule has 1 aliphatic rings. The van der Waals surface area contributed by atoms with Gasteiger partial charge in [-0.1, -0.05) is 36.4 Å². The second-order valence-electron chi connectivity index (χ2n) is 13.5. The standard InChI is InChI=1S/C38H38N10O6S3/c1-45(2)17-15-26(23-55-27-10-4-3-5-11-27)40-35-32(48(51)52)19-28(20-39-35)57(53,54)44-37(50)31-24-56-38(41-31)47-18-14-25-9-8-12-29(30(25)21-47)36(49)43-33-22-46-16-7-6-13-34(46)42-33/h3-13,16,19-20,22,24,26H,14-15,17-18,21,23H2,1-2H3,(H3-,39,40,43,44,49,50,51,52)/p+1/t26-/m1/s1. The van der Waals surface area contributed by atoms with Crippen LogP contribution < -0.4 is 20.3 Å². The second kappa shape index (κ2) is 17.1. The summed E-state index contributed by atoms with van der Waals surface area (Å²) in [7, 11) is -0.680. The Balaban J connectivity index is 1.02. The lowest BCUT2D eigenvalue weighted by Gasteiger charge is -2.29. The molecule has 1 atom stereocenters. The van der Waals surface area contributed by atoms with Gasteiger partial charge in [-0.3, -0.25) is 9.59 Å². The Labute approximate surface area is 336 Å². The number of amides is 2. The molecule has 16 nitrogen and oxygen atoms in total. The Morgan fingerprint density at radius 1 is 1.05 bits per heavy atom. The van der Waals surface area contributed by atoms with Gasteiger partial charge in [-0.2, -0.15) is 0 Å². The van der Waals surface area contributed by atoms with Crippen molar-refractivity contribution in [3.63, 3.8) is 0 Å². The summed E-state index contributed by atoms with van der Waals surface area (Å²) in [4.78, 5) is 56.1. The molecule has 19 heteroatoms. The minimum atomic E-state index is -4.56. The lowest BCUT2D eigenvalue weighted by atomic mass is 9.94. The maximum atomic E-state index is 13.5. The van der Waals surface area contributed by atoms with Crippen LogP contribution in [0.1, 0.15) is 38.4 Å². The van der Waals surface area contributed by atoms with Gasteiger partial charge in [0.15, 0.2) is 10.9 Å². The van der Waals surface area contributed by atoms with E-state index < -0.39 is 31.4 Å². The van der Waals surface area contributed by atoms with Crippen molar-refractivity contribution in [2.24, 2.45) is 0 Å². The Kier molecular flexibility index (Phi) is 11.8. The van der Waals surface area contributed by atoms with Crippen molar-refractivity contribution in [2.75, 3.05) is 48.5 Å². The average molecular weight is 828 g/mol. The number of hydrogen-bond donors (Lipinski definition) is 4. The van der Waals surface area contributed by atoms with Crippen LogP contribution in [0, 0.1) is 4.91 Å². The zero-order valence-electron chi connectivity index (χ0n) is 30.9. The molecule has 4 N–H and O–H groups in total. The molecule has 7 rings (SSSR count). The molecular formula is C38H39N10O6S3+. The van der Waals surface area contributed by atoms with Crippen molar-refractivity contribution in [1.29, 1.82) is 0 Å². The van der Waals surface area contributed by atoms with E-state index in [9.17, 15) is 28.1 Å². The van der Waals surface area contributed by atoms with Crippen molar-refractivity contribution in [3.05, 3.63) is 124 Å². The molecule has 0 spiro atoms. The molecule has 0 radical (unpaired) electrons. The third-order valence-electron chi connectivity index (χ3n) is 9.16. The molecule has 0 saturated heterocycles. The van der Waals surface area contributed by atoms with Crippen molar-refractivity contribution < 1.29 is 28.1 Å². The summed E-state index contributed by atoms with van der Waals surface area (Å²) in [5.74, 6) is -0.301. The normalized spacial score (nSPS) is 13.3. The van der Waals surface area contributed by atoms with Crippen LogP contribution >= 0.6 is 23.1 Å². The molecule has 6 aromatic rings. The molecule has 0 unspecified atom stereocenters. The number of aromatic nitrogens is 4. The highest BCUT2D eigenvalue weighted by Crippen LogP contribution is 2.31. The van der Waals surface area contributed by atoms with Gasteiger partial charge in [0.05, 0.1) is 17.3 Å². The average Bonchev–Trinajstić information content (AvgIpc) is 3.86. The van der Waals surface area contributed by atoms with Crippen LogP contribution in [0.5, 0.6) is 0 Å². The third kappa shape index (κ3) is 9.39. The van der Waals surface area contributed by atoms with Crippen LogP contribution in [-0.4, -0.2) is 93.6 Å². The highest BCUT2D eigenvalue weighted by Gasteiger charge is 2.30. The van der Waals surface area contributed by atoms with Gasteiger partial charge in [0.25, 0.3) is 26.8 Å². The largest absolute Gasteiger partial charge is 0.361 e. The van der Waals surface area contributed by atoms with Crippen LogP contribution in [0.15, 0.2) is 107 Å². The quantitative estimate of drug-likeness (QED) is 0.0756. The summed E-state index contributed by atoms with van der Waals surface area (Å²) < 4.78 is 30.6. The molecule has 5 heterocycles. The molecule has 0 saturated carbocycles. The van der Waals surface area contributed by atoms with E-state index in [1.54, 1.807) is 24.0 Å². The number of imidazole rings is 1. The summed E-state index contributed by atoms with van der Waals surface area (Å²) in [6, 6.07) is 21.7. The topological polar surface area (TPSA) is 194 Å². The number of thioether (sulfide) groups is 1. The zero-order chi connectivity index (χ0) is 40.1. The predicted molar refractivity (Wildman–Crippen MR) is 218 cm³/mol. The van der Waals surface area contributed by atoms with Gasteiger partial charge in [-0.05, 0) is 74.9 Å². The van der Waals surface area contributed by atoms with Gasteiger partial charge in [0.2, 0.25) is 5.82 Å². The summed E-state index contributed by atoms with van der Waals surface area (Å²) in [6.07, 6.45) is 5.87. The van der Waals surface area contributed by atoms with Crippen LogP contribution in [-0.2, 0) is 23.0 Å². The molecule has 0 fully saturated rings. The molecule has 294 valence electrons. The van der Waals surface area contributed by atoms with Crippen LogP contribution in [0.3, 0.4) is 0 Å². The number of benzene rings is 2. The van der Waals surface area contributed by atoms with E-state index in [0.717, 1.165) is 39.6 Å². The summed E-state index contributed by atoms with van der Waals surface area (Å²) in [5, 5.41) is 18.0. The Bertz CT molecular complexity index is 2510. The van der Waals surface area contributed by atoms with Crippen molar-refractivity contribution in [1.82, 2.24) is 29.0 Å². The molecule has 57 heavy (non-hydrogen) atoms. The van der Waals surface area contributed by atoms with Crippen LogP contribution in [0.2, 0.25) is 0 Å². The van der Waals surface area contributed by atoms with E-state index in [2.05, 4.69) is 25.6 Å².